The summed E-state index contributed by atoms with van der Waals surface area (Å²) in [7, 11) is 0. The minimum Gasteiger partial charge on any atom is -0.549 e. The van der Waals surface area contributed by atoms with Gasteiger partial charge in [0.1, 0.15) is 0 Å². The van der Waals surface area contributed by atoms with E-state index in [9.17, 15) is 19.8 Å². The van der Waals surface area contributed by atoms with Gasteiger partial charge in [0, 0.05) is 11.5 Å². The molecule has 0 aliphatic rings. The van der Waals surface area contributed by atoms with Crippen molar-refractivity contribution >= 4 is 37.2 Å². The molecule has 0 aromatic heterocycles. The second-order valence-corrected chi connectivity index (χ2v) is 5.37. The van der Waals surface area contributed by atoms with E-state index in [4.69, 9.17) is 0 Å². The van der Waals surface area contributed by atoms with Crippen LogP contribution in [0.15, 0.2) is 0 Å². The Bertz CT molecular complexity index is 218. The molecule has 0 atom stereocenters. The summed E-state index contributed by atoms with van der Waals surface area (Å²) in [5, 5.41) is 18.4. The van der Waals surface area contributed by atoms with Gasteiger partial charge >= 0.3 is 22.4 Å². The molecule has 0 amide bonds. The summed E-state index contributed by atoms with van der Waals surface area (Å²) in [6.45, 7) is 6.12. The molecule has 0 aliphatic heterocycles. The van der Waals surface area contributed by atoms with Crippen LogP contribution in [0.1, 0.15) is 71.1 Å². The molecule has 0 aliphatic carbocycles. The number of thiol groups is 2. The van der Waals surface area contributed by atoms with Gasteiger partial charge in [0.05, 0.1) is 11.9 Å². The Morgan fingerprint density at radius 1 is 0.783 bits per heavy atom. The van der Waals surface area contributed by atoms with Gasteiger partial charge < -0.3 is 26.7 Å². The van der Waals surface area contributed by atoms with Gasteiger partial charge in [0.25, 0.3) is 0 Å². The summed E-state index contributed by atoms with van der Waals surface area (Å²) < 4.78 is 0. The second-order valence-electron chi connectivity index (χ2n) is 4.74. The number of carboxylic acids is 2. The van der Waals surface area contributed by atoms with Crippen molar-refractivity contribution in [3.63, 3.8) is 0 Å². The molecule has 0 saturated carbocycles. The van der Waals surface area contributed by atoms with Crippen molar-refractivity contribution in [2.75, 3.05) is 11.5 Å². The molecule has 0 unspecified atom stereocenters. The number of hydrogen-bond donors (Lipinski definition) is 2. The fraction of sp³-hybridized carbons (Fsp3) is 0.812. The Kier molecular flexibility index (Phi) is 41.1. The maximum atomic E-state index is 9.18. The van der Waals surface area contributed by atoms with Crippen LogP contribution < -0.4 is 10.2 Å². The number of rotatable bonds is 11. The molecule has 0 radical (unpaired) electrons. The van der Waals surface area contributed by atoms with Crippen LogP contribution in [-0.4, -0.2) is 23.4 Å². The van der Waals surface area contributed by atoms with Crippen molar-refractivity contribution in [3.8, 4) is 0 Å². The summed E-state index contributed by atoms with van der Waals surface area (Å²) >= 11 is 6.71. The summed E-state index contributed by atoms with van der Waals surface area (Å²) in [5.41, 5.74) is 0. The predicted octanol–water partition coefficient (Wildman–Crippen LogP) is 2.07. The van der Waals surface area contributed by atoms with Gasteiger partial charge in [-0.2, -0.15) is 31.7 Å². The minimum atomic E-state index is -1.13. The number of carboxylic acid groups (broad SMARTS) is 2. The standard InChI is InChI=1S/C12H25.2C2H4O2S.Au/c1-3-5-7-9-11-12-10-8-6-4-2;2*3-2(4)1-5;/h1,3-12H2,2H3;2*5H,1H2,(H,3,4);/q-1;;;+3/p-2. The average molecular weight is 549 g/mol. The van der Waals surface area contributed by atoms with Gasteiger partial charge in [-0.05, 0) is 0 Å². The van der Waals surface area contributed by atoms with Crippen molar-refractivity contribution in [1.29, 1.82) is 0 Å². The number of aliphatic carboxylic acids is 2. The molecular formula is C16H31AuO4S2. The molecule has 0 N–H and O–H groups in total. The summed E-state index contributed by atoms with van der Waals surface area (Å²) in [6, 6.07) is 0. The first kappa shape index (κ1) is 31.2. The first-order valence-electron chi connectivity index (χ1n) is 7.86. The Morgan fingerprint density at radius 2 is 1.04 bits per heavy atom. The molecule has 0 saturated heterocycles. The second kappa shape index (κ2) is 30.3. The molecule has 4 nitrogen and oxygen atoms in total. The quantitative estimate of drug-likeness (QED) is 0.179. The normalized spacial score (nSPS) is 8.70. The van der Waals surface area contributed by atoms with Crippen molar-refractivity contribution in [2.45, 2.75) is 71.1 Å². The SMILES string of the molecule is O=C([O-])CS.O=C([O-])CS.[Au+3].[CH2-]CCCCCCCCCCC. The van der Waals surface area contributed by atoms with Crippen LogP contribution in [0.4, 0.5) is 0 Å². The monoisotopic (exact) mass is 548 g/mol. The molecule has 0 rings (SSSR count). The van der Waals surface area contributed by atoms with Crippen LogP contribution in [-0.2, 0) is 32.0 Å². The number of carbonyl (C=O) groups excluding carboxylic acids is 2. The molecule has 0 spiro atoms. The van der Waals surface area contributed by atoms with Crippen LogP contribution in [0.3, 0.4) is 0 Å². The molecule has 142 valence electrons. The largest absolute Gasteiger partial charge is 3.00 e. The van der Waals surface area contributed by atoms with Crippen LogP contribution in [0.2, 0.25) is 0 Å². The van der Waals surface area contributed by atoms with E-state index >= 15 is 0 Å². The first-order valence-corrected chi connectivity index (χ1v) is 9.13. The van der Waals surface area contributed by atoms with Gasteiger partial charge in [0.15, 0.2) is 0 Å². The van der Waals surface area contributed by atoms with E-state index in [1.54, 1.807) is 0 Å². The third-order valence-electron chi connectivity index (χ3n) is 2.61. The van der Waals surface area contributed by atoms with Gasteiger partial charge in [-0.3, -0.25) is 0 Å². The van der Waals surface area contributed by atoms with Gasteiger partial charge in [-0.15, -0.1) is 0 Å². The summed E-state index contributed by atoms with van der Waals surface area (Å²) in [6.07, 6.45) is 13.9. The minimum absolute atomic E-state index is 0. The fourth-order valence-electron chi connectivity index (χ4n) is 1.49. The summed E-state index contributed by atoms with van der Waals surface area (Å²) in [5.74, 6) is -2.65. The Hall–Kier alpha value is 0.380. The Labute approximate surface area is 168 Å². The van der Waals surface area contributed by atoms with E-state index in [0.29, 0.717) is 0 Å². The molecule has 0 heterocycles. The van der Waals surface area contributed by atoms with Crippen LogP contribution in [0, 0.1) is 6.92 Å². The molecule has 0 fully saturated rings. The Balaban J connectivity index is -0.000000137. The molecule has 0 bridgehead atoms. The van der Waals surface area contributed by atoms with Crippen LogP contribution in [0.25, 0.3) is 0 Å². The topological polar surface area (TPSA) is 80.3 Å². The number of carbonyl (C=O) groups is 2. The van der Waals surface area contributed by atoms with Gasteiger partial charge in [-0.25, -0.2) is 0 Å². The third kappa shape index (κ3) is 51.9. The molecule has 23 heavy (non-hydrogen) atoms. The predicted molar refractivity (Wildman–Crippen MR) is 94.9 cm³/mol. The van der Waals surface area contributed by atoms with E-state index < -0.39 is 11.9 Å². The van der Waals surface area contributed by atoms with Crippen molar-refractivity contribution in [2.24, 2.45) is 0 Å². The average Bonchev–Trinajstić information content (AvgIpc) is 2.51. The number of unbranched alkanes of at least 4 members (excludes halogenated alkanes) is 9. The summed E-state index contributed by atoms with van der Waals surface area (Å²) in [4.78, 5) is 18.4. The van der Waals surface area contributed by atoms with E-state index in [1.807, 2.05) is 0 Å². The molecular weight excluding hydrogens is 517 g/mol. The van der Waals surface area contributed by atoms with Crippen molar-refractivity contribution in [1.82, 2.24) is 0 Å². The van der Waals surface area contributed by atoms with Gasteiger partial charge in [-0.1, -0.05) is 64.7 Å². The Morgan fingerprint density at radius 3 is 1.26 bits per heavy atom. The molecule has 7 heteroatoms. The van der Waals surface area contributed by atoms with Crippen molar-refractivity contribution in [3.05, 3.63) is 6.92 Å². The fourth-order valence-corrected chi connectivity index (χ4v) is 1.49. The van der Waals surface area contributed by atoms with E-state index in [-0.39, 0.29) is 33.9 Å². The zero-order chi connectivity index (χ0) is 17.6. The maximum Gasteiger partial charge on any atom is 3.00 e. The third-order valence-corrected chi connectivity index (χ3v) is 3.13. The van der Waals surface area contributed by atoms with E-state index in [0.717, 1.165) is 6.42 Å². The van der Waals surface area contributed by atoms with Crippen molar-refractivity contribution < 1.29 is 42.2 Å². The van der Waals surface area contributed by atoms with E-state index in [2.05, 4.69) is 39.1 Å². The first-order chi connectivity index (χ1) is 10.5. The van der Waals surface area contributed by atoms with Crippen LogP contribution >= 0.6 is 25.3 Å². The molecule has 0 aromatic rings. The van der Waals surface area contributed by atoms with Crippen LogP contribution in [0.5, 0.6) is 0 Å². The van der Waals surface area contributed by atoms with Gasteiger partial charge in [0.2, 0.25) is 0 Å². The zero-order valence-electron chi connectivity index (χ0n) is 14.0. The number of hydrogen-bond acceptors (Lipinski definition) is 6. The maximum absolute atomic E-state index is 9.18. The molecule has 0 aromatic carbocycles. The smallest absolute Gasteiger partial charge is 0.549 e. The zero-order valence-corrected chi connectivity index (χ0v) is 18.0. The van der Waals surface area contributed by atoms with E-state index in [1.165, 1.54) is 57.8 Å².